The maximum absolute atomic E-state index is 12.9. The highest BCUT2D eigenvalue weighted by atomic mass is 16.7. The van der Waals surface area contributed by atoms with E-state index in [1.165, 1.54) is 32.1 Å². The minimum absolute atomic E-state index is 0.0672. The molecule has 4 aliphatic rings. The standard InChI is InChI=1S/C23H26O11/c1-10-14-16(32-21(28)22(4)11(2)33-22)15(25)13(20(27)29-5)7-6-8-23(9-30-12(3)24)18(34-23)17(14)31-19(10)26/h6-8,11,14-18,25H,1,9H2,2-5H3/b8-6-,13-7-/t11-,14-,15+,16+,17+,18-,22+,23+/m1/s1. The molecule has 3 heterocycles. The van der Waals surface area contributed by atoms with E-state index in [9.17, 15) is 24.3 Å². The number of aliphatic hydroxyl groups is 1. The number of fused-ring (bicyclic) bond motifs is 3. The molecule has 0 aromatic carbocycles. The molecule has 0 radical (unpaired) electrons. The summed E-state index contributed by atoms with van der Waals surface area (Å²) >= 11 is 0. The number of rotatable bonds is 5. The molecule has 8 atom stereocenters. The Bertz CT molecular complexity index is 1010. The highest BCUT2D eigenvalue weighted by molar-refractivity contribution is 5.93. The lowest BCUT2D eigenvalue weighted by atomic mass is 9.81. The molecule has 0 aromatic rings. The van der Waals surface area contributed by atoms with E-state index in [0.29, 0.717) is 0 Å². The van der Waals surface area contributed by atoms with Crippen molar-refractivity contribution < 1.29 is 52.7 Å². The predicted octanol–water partition coefficient (Wildman–Crippen LogP) is -0.0958. The van der Waals surface area contributed by atoms with Crippen molar-refractivity contribution in [1.82, 2.24) is 0 Å². The zero-order valence-electron chi connectivity index (χ0n) is 19.1. The fraction of sp³-hybridized carbons (Fsp3) is 0.565. The van der Waals surface area contributed by atoms with Gasteiger partial charge in [-0.25, -0.2) is 14.4 Å². The molecule has 0 spiro atoms. The first-order valence-electron chi connectivity index (χ1n) is 10.7. The van der Waals surface area contributed by atoms with Crippen molar-refractivity contribution >= 4 is 23.9 Å². The molecule has 11 heteroatoms. The van der Waals surface area contributed by atoms with Crippen molar-refractivity contribution in [3.8, 4) is 0 Å². The molecule has 3 fully saturated rings. The number of hydrogen-bond acceptors (Lipinski definition) is 11. The zero-order chi connectivity index (χ0) is 25.0. The number of hydrogen-bond donors (Lipinski definition) is 1. The molecule has 0 aromatic heterocycles. The number of carbonyl (C=O) groups is 4. The molecular formula is C23H26O11. The Labute approximate surface area is 195 Å². The molecule has 0 amide bonds. The van der Waals surface area contributed by atoms with Gasteiger partial charge in [0.1, 0.15) is 31.0 Å². The van der Waals surface area contributed by atoms with E-state index >= 15 is 0 Å². The summed E-state index contributed by atoms with van der Waals surface area (Å²) in [6, 6.07) is 0. The Morgan fingerprint density at radius 2 is 1.94 bits per heavy atom. The Morgan fingerprint density at radius 1 is 1.26 bits per heavy atom. The summed E-state index contributed by atoms with van der Waals surface area (Å²) in [5, 5.41) is 11.2. The van der Waals surface area contributed by atoms with Gasteiger partial charge >= 0.3 is 23.9 Å². The van der Waals surface area contributed by atoms with E-state index in [-0.39, 0.29) is 17.8 Å². The van der Waals surface area contributed by atoms with Crippen molar-refractivity contribution in [3.05, 3.63) is 36.0 Å². The Hall–Kier alpha value is -3.02. The van der Waals surface area contributed by atoms with Crippen LogP contribution in [0.2, 0.25) is 0 Å². The van der Waals surface area contributed by atoms with Crippen LogP contribution in [-0.4, -0.2) is 84.4 Å². The number of methoxy groups -OCH3 is 1. The van der Waals surface area contributed by atoms with E-state index < -0.39 is 71.5 Å². The third-order valence-corrected chi connectivity index (χ3v) is 6.68. The first-order valence-corrected chi connectivity index (χ1v) is 10.7. The van der Waals surface area contributed by atoms with Crippen LogP contribution in [0.4, 0.5) is 0 Å². The number of allylic oxidation sites excluding steroid dienone is 2. The third kappa shape index (κ3) is 3.93. The second-order valence-corrected chi connectivity index (χ2v) is 8.85. The Kier molecular flexibility index (Phi) is 5.91. The topological polar surface area (TPSA) is 150 Å². The number of epoxide rings is 2. The molecular weight excluding hydrogens is 452 g/mol. The highest BCUT2D eigenvalue weighted by Crippen LogP contribution is 2.50. The van der Waals surface area contributed by atoms with Crippen LogP contribution in [0.25, 0.3) is 0 Å². The summed E-state index contributed by atoms with van der Waals surface area (Å²) in [6.45, 7) is 8.03. The van der Waals surface area contributed by atoms with Crippen LogP contribution in [0.15, 0.2) is 36.0 Å². The van der Waals surface area contributed by atoms with Gasteiger partial charge in [0.2, 0.25) is 0 Å². The summed E-state index contributed by atoms with van der Waals surface area (Å²) in [5.74, 6) is -4.05. The first-order chi connectivity index (χ1) is 15.9. The Morgan fingerprint density at radius 3 is 2.53 bits per heavy atom. The second kappa shape index (κ2) is 8.33. The van der Waals surface area contributed by atoms with Crippen LogP contribution in [0.1, 0.15) is 20.8 Å². The summed E-state index contributed by atoms with van der Waals surface area (Å²) in [5.41, 5.74) is -2.70. The molecule has 11 nitrogen and oxygen atoms in total. The van der Waals surface area contributed by atoms with Crippen LogP contribution in [-0.2, 0) is 47.6 Å². The van der Waals surface area contributed by atoms with Gasteiger partial charge in [-0.05, 0) is 26.0 Å². The minimum atomic E-state index is -1.70. The molecule has 3 saturated heterocycles. The lowest BCUT2D eigenvalue weighted by molar-refractivity contribution is -0.166. The summed E-state index contributed by atoms with van der Waals surface area (Å²) in [4.78, 5) is 49.3. The highest BCUT2D eigenvalue weighted by Gasteiger charge is 2.67. The van der Waals surface area contributed by atoms with Crippen LogP contribution in [0.3, 0.4) is 0 Å². The van der Waals surface area contributed by atoms with Crippen molar-refractivity contribution in [1.29, 1.82) is 0 Å². The van der Waals surface area contributed by atoms with E-state index in [1.54, 1.807) is 6.92 Å². The van der Waals surface area contributed by atoms with Gasteiger partial charge in [0.05, 0.1) is 24.7 Å². The molecule has 0 saturated carbocycles. The Balaban J connectivity index is 1.77. The maximum Gasteiger partial charge on any atom is 0.341 e. The van der Waals surface area contributed by atoms with Gasteiger partial charge in [-0.1, -0.05) is 12.7 Å². The molecule has 0 bridgehead atoms. The van der Waals surface area contributed by atoms with Crippen LogP contribution in [0.5, 0.6) is 0 Å². The SMILES string of the molecule is C=C1C(=O)O[C@H]2[C@H]1[C@H](OC(=O)[C@@]1(C)O[C@@H]1C)[C@@H](O)/C(C(=O)OC)=C/C=C\[C@@]1(COC(C)=O)O[C@H]21. The van der Waals surface area contributed by atoms with Crippen LogP contribution >= 0.6 is 0 Å². The number of carbonyl (C=O) groups excluding carboxylic acids is 4. The fourth-order valence-corrected chi connectivity index (χ4v) is 4.32. The molecule has 1 N–H and O–H groups in total. The van der Waals surface area contributed by atoms with Gasteiger partial charge in [0.25, 0.3) is 0 Å². The normalized spacial score (nSPS) is 42.7. The summed E-state index contributed by atoms with van der Waals surface area (Å²) in [6.07, 6.45) is -1.16. The largest absolute Gasteiger partial charge is 0.466 e. The van der Waals surface area contributed by atoms with E-state index in [0.717, 1.165) is 7.11 Å². The quantitative estimate of drug-likeness (QED) is 0.244. The number of esters is 4. The molecule has 34 heavy (non-hydrogen) atoms. The van der Waals surface area contributed by atoms with Crippen LogP contribution < -0.4 is 0 Å². The summed E-state index contributed by atoms with van der Waals surface area (Å²) in [7, 11) is 1.13. The number of aliphatic hydroxyl groups excluding tert-OH is 1. The van der Waals surface area contributed by atoms with Gasteiger partial charge < -0.3 is 33.5 Å². The lowest BCUT2D eigenvalue weighted by Gasteiger charge is -2.31. The maximum atomic E-state index is 12.9. The van der Waals surface area contributed by atoms with Gasteiger partial charge in [-0.15, -0.1) is 0 Å². The smallest absolute Gasteiger partial charge is 0.341 e. The lowest BCUT2D eigenvalue weighted by Crippen LogP contribution is -2.48. The molecule has 0 unspecified atom stereocenters. The number of ether oxygens (including phenoxy) is 6. The van der Waals surface area contributed by atoms with Crippen molar-refractivity contribution in [3.63, 3.8) is 0 Å². The van der Waals surface area contributed by atoms with Gasteiger partial charge in [-0.2, -0.15) is 0 Å². The van der Waals surface area contributed by atoms with E-state index in [2.05, 4.69) is 6.58 Å². The van der Waals surface area contributed by atoms with Gasteiger partial charge in [0.15, 0.2) is 11.2 Å². The predicted molar refractivity (Wildman–Crippen MR) is 111 cm³/mol. The average molecular weight is 478 g/mol. The van der Waals surface area contributed by atoms with Crippen LogP contribution in [0, 0.1) is 5.92 Å². The first kappa shape index (κ1) is 24.1. The van der Waals surface area contributed by atoms with Crippen molar-refractivity contribution in [2.45, 2.75) is 62.5 Å². The van der Waals surface area contributed by atoms with Gasteiger partial charge in [0, 0.05) is 12.5 Å². The van der Waals surface area contributed by atoms with E-state index in [4.69, 9.17) is 28.4 Å². The second-order valence-electron chi connectivity index (χ2n) is 8.85. The minimum Gasteiger partial charge on any atom is -0.466 e. The zero-order valence-corrected chi connectivity index (χ0v) is 19.1. The van der Waals surface area contributed by atoms with Crippen molar-refractivity contribution in [2.75, 3.05) is 13.7 Å². The third-order valence-electron chi connectivity index (χ3n) is 6.68. The molecule has 184 valence electrons. The fourth-order valence-electron chi connectivity index (χ4n) is 4.32. The van der Waals surface area contributed by atoms with Crippen molar-refractivity contribution in [2.24, 2.45) is 5.92 Å². The van der Waals surface area contributed by atoms with Gasteiger partial charge in [-0.3, -0.25) is 4.79 Å². The molecule has 4 rings (SSSR count). The van der Waals surface area contributed by atoms with E-state index in [1.807, 2.05) is 0 Å². The molecule has 1 aliphatic carbocycles. The molecule has 3 aliphatic heterocycles. The monoisotopic (exact) mass is 478 g/mol. The average Bonchev–Trinajstić information content (AvgIpc) is 3.64. The summed E-state index contributed by atoms with van der Waals surface area (Å²) < 4.78 is 32.2.